The second-order valence-corrected chi connectivity index (χ2v) is 8.88. The first kappa shape index (κ1) is 17.3. The maximum absolute atomic E-state index is 4.43. The van der Waals surface area contributed by atoms with Crippen molar-refractivity contribution in [1.29, 1.82) is 0 Å². The van der Waals surface area contributed by atoms with Crippen LogP contribution in [0.4, 0.5) is 0 Å². The normalized spacial score (nSPS) is 28.2. The highest BCUT2D eigenvalue weighted by Crippen LogP contribution is 2.48. The molecular formula is C24H27ClN2. The summed E-state index contributed by atoms with van der Waals surface area (Å²) in [6, 6.07) is 2.22. The highest BCUT2D eigenvalue weighted by molar-refractivity contribution is 5.96. The van der Waals surface area contributed by atoms with Crippen LogP contribution in [-0.4, -0.2) is 9.55 Å². The van der Waals surface area contributed by atoms with E-state index in [0.29, 0.717) is 0 Å². The minimum absolute atomic E-state index is 0. The molecule has 0 amide bonds. The van der Waals surface area contributed by atoms with Crippen molar-refractivity contribution in [1.82, 2.24) is 9.55 Å². The monoisotopic (exact) mass is 378 g/mol. The van der Waals surface area contributed by atoms with Gasteiger partial charge in [-0.3, -0.25) is 4.98 Å². The van der Waals surface area contributed by atoms with Gasteiger partial charge in [-0.2, -0.15) is 0 Å². The fourth-order valence-electron chi connectivity index (χ4n) is 5.65. The van der Waals surface area contributed by atoms with E-state index < -0.39 is 0 Å². The predicted octanol–water partition coefficient (Wildman–Crippen LogP) is 6.41. The molecule has 0 bridgehead atoms. The Bertz CT molecular complexity index is 1010. The summed E-state index contributed by atoms with van der Waals surface area (Å²) in [6.07, 6.45) is 20.4. The SMILES string of the molecule is C[C@@H]1C[C@H]1CC1CCC2=C(C=CC3=CCCc4c3n2c2ccncc42)C1.Cl. The molecule has 3 heteroatoms. The molecule has 1 fully saturated rings. The number of nitrogens with zero attached hydrogens (tertiary/aromatic N) is 2. The van der Waals surface area contributed by atoms with Crippen LogP contribution < -0.4 is 0 Å². The Morgan fingerprint density at radius 3 is 2.96 bits per heavy atom. The van der Waals surface area contributed by atoms with Crippen molar-refractivity contribution < 1.29 is 0 Å². The van der Waals surface area contributed by atoms with E-state index in [9.17, 15) is 0 Å². The molecule has 3 heterocycles. The van der Waals surface area contributed by atoms with E-state index in [0.717, 1.165) is 30.6 Å². The fourth-order valence-corrected chi connectivity index (χ4v) is 5.65. The third kappa shape index (κ3) is 2.64. The summed E-state index contributed by atoms with van der Waals surface area (Å²) in [5.74, 6) is 2.87. The summed E-state index contributed by atoms with van der Waals surface area (Å²) in [4.78, 5) is 4.43. The van der Waals surface area contributed by atoms with Gasteiger partial charge in [0.1, 0.15) is 0 Å². The fraction of sp³-hybridized carbons (Fsp3) is 0.458. The first-order valence-corrected chi connectivity index (χ1v) is 10.4. The number of allylic oxidation sites excluding steroid dienone is 6. The molecule has 2 aromatic rings. The van der Waals surface area contributed by atoms with Crippen molar-refractivity contribution in [2.75, 3.05) is 0 Å². The summed E-state index contributed by atoms with van der Waals surface area (Å²) in [6.45, 7) is 2.42. The Kier molecular flexibility index (Phi) is 4.09. The van der Waals surface area contributed by atoms with Crippen molar-refractivity contribution in [3.05, 3.63) is 53.5 Å². The lowest BCUT2D eigenvalue weighted by atomic mass is 9.83. The van der Waals surface area contributed by atoms with Crippen molar-refractivity contribution >= 4 is 34.6 Å². The molecule has 0 spiro atoms. The Morgan fingerprint density at radius 1 is 1.22 bits per heavy atom. The average Bonchev–Trinajstić information content (AvgIpc) is 3.29. The Labute approximate surface area is 167 Å². The van der Waals surface area contributed by atoms with Crippen molar-refractivity contribution in [2.24, 2.45) is 17.8 Å². The van der Waals surface area contributed by atoms with E-state index in [-0.39, 0.29) is 12.4 Å². The summed E-state index contributed by atoms with van der Waals surface area (Å²) >= 11 is 0. The van der Waals surface area contributed by atoms with E-state index in [4.69, 9.17) is 0 Å². The van der Waals surface area contributed by atoms with Crippen LogP contribution in [0.25, 0.3) is 22.2 Å². The van der Waals surface area contributed by atoms with Gasteiger partial charge in [0.05, 0.1) is 11.2 Å². The zero-order valence-corrected chi connectivity index (χ0v) is 16.8. The molecule has 1 unspecified atom stereocenters. The molecule has 1 saturated carbocycles. The number of halogens is 1. The Morgan fingerprint density at radius 2 is 2.11 bits per heavy atom. The number of aryl methyl sites for hydroxylation is 1. The molecule has 1 aliphatic heterocycles. The third-order valence-corrected chi connectivity index (χ3v) is 7.22. The summed E-state index contributed by atoms with van der Waals surface area (Å²) in [7, 11) is 0. The van der Waals surface area contributed by atoms with Gasteiger partial charge in [0.2, 0.25) is 0 Å². The number of rotatable bonds is 2. The molecule has 6 rings (SSSR count). The molecule has 2 nitrogen and oxygen atoms in total. The van der Waals surface area contributed by atoms with E-state index in [1.54, 1.807) is 11.3 Å². The highest BCUT2D eigenvalue weighted by Gasteiger charge is 2.36. The molecule has 3 atom stereocenters. The molecular weight excluding hydrogens is 352 g/mol. The van der Waals surface area contributed by atoms with Gasteiger partial charge in [-0.05, 0) is 85.5 Å². The second-order valence-electron chi connectivity index (χ2n) is 8.88. The first-order chi connectivity index (χ1) is 12.8. The maximum atomic E-state index is 4.43. The first-order valence-electron chi connectivity index (χ1n) is 10.4. The Hall–Kier alpha value is -1.80. The zero-order chi connectivity index (χ0) is 17.3. The molecule has 0 N–H and O–H groups in total. The van der Waals surface area contributed by atoms with Gasteiger partial charge < -0.3 is 4.57 Å². The van der Waals surface area contributed by atoms with E-state index in [1.165, 1.54) is 59.8 Å². The second kappa shape index (κ2) is 6.38. The lowest BCUT2D eigenvalue weighted by Gasteiger charge is -2.27. The molecule has 0 saturated heterocycles. The maximum Gasteiger partial charge on any atom is 0.0567 e. The molecule has 0 radical (unpaired) electrons. The van der Waals surface area contributed by atoms with Crippen LogP contribution in [0.5, 0.6) is 0 Å². The van der Waals surface area contributed by atoms with Gasteiger partial charge in [-0.1, -0.05) is 25.2 Å². The van der Waals surface area contributed by atoms with Gasteiger partial charge in [0, 0.05) is 23.5 Å². The van der Waals surface area contributed by atoms with E-state index >= 15 is 0 Å². The third-order valence-electron chi connectivity index (χ3n) is 7.22. The number of fused-ring (bicyclic) bond motifs is 4. The van der Waals surface area contributed by atoms with Crippen LogP contribution in [0.15, 0.2) is 42.3 Å². The summed E-state index contributed by atoms with van der Waals surface area (Å²) in [5.41, 5.74) is 8.89. The molecule has 4 aliphatic rings. The lowest BCUT2D eigenvalue weighted by molar-refractivity contribution is 0.406. The van der Waals surface area contributed by atoms with Crippen LogP contribution in [0.1, 0.15) is 56.7 Å². The molecule has 0 aromatic carbocycles. The van der Waals surface area contributed by atoms with Gasteiger partial charge in [0.25, 0.3) is 0 Å². The highest BCUT2D eigenvalue weighted by atomic mass is 35.5. The standard InChI is InChI=1S/C24H26N2.ClH/c1-15-11-19(15)13-16-5-8-22-18(12-16)7-6-17-3-2-4-20-21-14-25-10-9-23(21)26(22)24(17)20;/h3,6-7,9-10,14-16,19H,2,4-5,8,11-13H2,1H3;1H/t15-,16?,19+;/m1./s1. The molecule has 2 aromatic heterocycles. The quantitative estimate of drug-likeness (QED) is 0.589. The smallest absolute Gasteiger partial charge is 0.0567 e. The number of hydrogen-bond donors (Lipinski definition) is 0. The minimum atomic E-state index is 0. The summed E-state index contributed by atoms with van der Waals surface area (Å²) < 4.78 is 2.60. The lowest BCUT2D eigenvalue weighted by Crippen LogP contribution is -2.14. The van der Waals surface area contributed by atoms with Crippen LogP contribution in [0.3, 0.4) is 0 Å². The topological polar surface area (TPSA) is 17.8 Å². The zero-order valence-electron chi connectivity index (χ0n) is 15.9. The van der Waals surface area contributed by atoms with E-state index in [1.807, 2.05) is 6.20 Å². The van der Waals surface area contributed by atoms with Crippen LogP contribution in [0, 0.1) is 17.8 Å². The number of aromatic nitrogens is 2. The minimum Gasteiger partial charge on any atom is -0.312 e. The van der Waals surface area contributed by atoms with E-state index in [2.05, 4.69) is 47.0 Å². The average molecular weight is 379 g/mol. The Balaban J connectivity index is 0.00000160. The van der Waals surface area contributed by atoms with Crippen LogP contribution >= 0.6 is 12.4 Å². The van der Waals surface area contributed by atoms with Crippen molar-refractivity contribution in [2.45, 2.75) is 51.9 Å². The number of pyridine rings is 1. The van der Waals surface area contributed by atoms with Gasteiger partial charge in [0.15, 0.2) is 0 Å². The molecule has 140 valence electrons. The summed E-state index contributed by atoms with van der Waals surface area (Å²) in [5, 5.41) is 1.36. The van der Waals surface area contributed by atoms with Gasteiger partial charge >= 0.3 is 0 Å². The van der Waals surface area contributed by atoms with Crippen molar-refractivity contribution in [3.63, 3.8) is 0 Å². The largest absolute Gasteiger partial charge is 0.312 e. The molecule has 3 aliphatic carbocycles. The van der Waals surface area contributed by atoms with Gasteiger partial charge in [-0.25, -0.2) is 0 Å². The van der Waals surface area contributed by atoms with Gasteiger partial charge in [-0.15, -0.1) is 12.4 Å². The predicted molar refractivity (Wildman–Crippen MR) is 115 cm³/mol. The van der Waals surface area contributed by atoms with Crippen LogP contribution in [0.2, 0.25) is 0 Å². The molecule has 27 heavy (non-hydrogen) atoms. The van der Waals surface area contributed by atoms with Crippen molar-refractivity contribution in [3.8, 4) is 0 Å². The number of hydrogen-bond acceptors (Lipinski definition) is 1. The van der Waals surface area contributed by atoms with Crippen LogP contribution in [-0.2, 0) is 6.42 Å².